The van der Waals surface area contributed by atoms with Gasteiger partial charge in [-0.1, -0.05) is 48.5 Å². The molecule has 1 heterocycles. The molecule has 0 fully saturated rings. The van der Waals surface area contributed by atoms with Gasteiger partial charge in [-0.3, -0.25) is 9.59 Å². The van der Waals surface area contributed by atoms with Crippen molar-refractivity contribution in [2.45, 2.75) is 18.3 Å². The molecule has 1 aliphatic rings. The third-order valence-corrected chi connectivity index (χ3v) is 6.67. The number of benzene rings is 3. The van der Waals surface area contributed by atoms with Crippen LogP contribution in [-0.2, 0) is 17.1 Å². The summed E-state index contributed by atoms with van der Waals surface area (Å²) in [6.07, 6.45) is 0. The summed E-state index contributed by atoms with van der Waals surface area (Å²) in [5.74, 6) is 1.98. The number of rotatable bonds is 9. The van der Waals surface area contributed by atoms with Gasteiger partial charge in [-0.15, -0.1) is 0 Å². The van der Waals surface area contributed by atoms with Crippen LogP contribution in [0.4, 0.5) is 5.69 Å². The van der Waals surface area contributed by atoms with E-state index in [0.29, 0.717) is 35.0 Å². The molecule has 0 aromatic heterocycles. The van der Waals surface area contributed by atoms with Crippen LogP contribution in [0.2, 0.25) is 0 Å². The van der Waals surface area contributed by atoms with Crippen LogP contribution < -0.4 is 14.8 Å². The van der Waals surface area contributed by atoms with Gasteiger partial charge in [0.15, 0.2) is 0 Å². The Labute approximate surface area is 197 Å². The summed E-state index contributed by atoms with van der Waals surface area (Å²) in [5.41, 5.74) is 3.31. The molecule has 0 saturated heterocycles. The molecule has 6 nitrogen and oxygen atoms in total. The largest absolute Gasteiger partial charge is 0.497 e. The summed E-state index contributed by atoms with van der Waals surface area (Å²) in [4.78, 5) is 28.2. The minimum absolute atomic E-state index is 0.118. The van der Waals surface area contributed by atoms with Gasteiger partial charge in [0.2, 0.25) is 5.91 Å². The van der Waals surface area contributed by atoms with Crippen molar-refractivity contribution in [2.24, 2.45) is 0 Å². The lowest BCUT2D eigenvalue weighted by atomic mass is 10.1. The molecule has 4 rings (SSSR count). The van der Waals surface area contributed by atoms with Crippen LogP contribution in [-0.4, -0.2) is 42.7 Å². The number of methoxy groups -OCH3 is 2. The Kier molecular flexibility index (Phi) is 7.19. The number of ether oxygens (including phenoxy) is 2. The van der Waals surface area contributed by atoms with Crippen molar-refractivity contribution in [2.75, 3.05) is 25.3 Å². The lowest BCUT2D eigenvalue weighted by Gasteiger charge is -2.27. The van der Waals surface area contributed by atoms with Gasteiger partial charge in [-0.05, 0) is 29.3 Å². The maximum absolute atomic E-state index is 13.5. The summed E-state index contributed by atoms with van der Waals surface area (Å²) in [5, 5.41) is 2.96. The Hall–Kier alpha value is -3.45. The van der Waals surface area contributed by atoms with Gasteiger partial charge >= 0.3 is 0 Å². The lowest BCUT2D eigenvalue weighted by Crippen LogP contribution is -2.46. The average Bonchev–Trinajstić information content (AvgIpc) is 3.18. The number of carbonyl (C=O) groups is 2. The summed E-state index contributed by atoms with van der Waals surface area (Å²) >= 11 is 1.63. The van der Waals surface area contributed by atoms with Crippen molar-refractivity contribution in [1.82, 2.24) is 4.90 Å². The van der Waals surface area contributed by atoms with E-state index in [1.807, 2.05) is 42.5 Å². The minimum Gasteiger partial charge on any atom is -0.497 e. The Morgan fingerprint density at radius 1 is 1.03 bits per heavy atom. The fourth-order valence-electron chi connectivity index (χ4n) is 3.82. The number of nitrogens with zero attached hydrogens (tertiary/aromatic N) is 1. The quantitative estimate of drug-likeness (QED) is 0.503. The molecule has 170 valence electrons. The number of amides is 2. The molecule has 0 aliphatic carbocycles. The van der Waals surface area contributed by atoms with E-state index >= 15 is 0 Å². The first-order valence-corrected chi connectivity index (χ1v) is 11.8. The zero-order valence-corrected chi connectivity index (χ0v) is 19.4. The van der Waals surface area contributed by atoms with Gasteiger partial charge in [0.25, 0.3) is 5.91 Å². The van der Waals surface area contributed by atoms with Crippen molar-refractivity contribution in [3.63, 3.8) is 0 Å². The van der Waals surface area contributed by atoms with Gasteiger partial charge in [-0.2, -0.15) is 11.8 Å². The number of nitrogens with one attached hydrogen (secondary N) is 1. The molecule has 0 bridgehead atoms. The van der Waals surface area contributed by atoms with Crippen LogP contribution in [0.15, 0.2) is 72.8 Å². The van der Waals surface area contributed by atoms with Gasteiger partial charge in [-0.25, -0.2) is 0 Å². The van der Waals surface area contributed by atoms with Crippen LogP contribution in [0.5, 0.6) is 11.5 Å². The second kappa shape index (κ2) is 10.4. The number of fused-ring (bicyclic) bond motifs is 1. The first-order valence-electron chi connectivity index (χ1n) is 10.6. The van der Waals surface area contributed by atoms with Crippen LogP contribution in [0, 0.1) is 0 Å². The van der Waals surface area contributed by atoms with E-state index in [1.54, 1.807) is 42.0 Å². The van der Waals surface area contributed by atoms with Gasteiger partial charge < -0.3 is 19.7 Å². The van der Waals surface area contributed by atoms with E-state index in [9.17, 15) is 9.59 Å². The lowest BCUT2D eigenvalue weighted by molar-refractivity contribution is -0.119. The number of hydrogen-bond acceptors (Lipinski definition) is 5. The third kappa shape index (κ3) is 5.14. The average molecular weight is 463 g/mol. The molecular weight excluding hydrogens is 436 g/mol. The van der Waals surface area contributed by atoms with Crippen molar-refractivity contribution in [3.05, 3.63) is 89.5 Å². The molecule has 1 atom stereocenters. The normalized spacial score (nSPS) is 13.4. The summed E-state index contributed by atoms with van der Waals surface area (Å²) < 4.78 is 10.7. The second-order valence-corrected chi connectivity index (χ2v) is 8.69. The van der Waals surface area contributed by atoms with Crippen LogP contribution >= 0.6 is 11.8 Å². The maximum Gasteiger partial charge on any atom is 0.255 e. The van der Waals surface area contributed by atoms with Crippen molar-refractivity contribution in [1.29, 1.82) is 0 Å². The first-order chi connectivity index (χ1) is 16.1. The topological polar surface area (TPSA) is 67.9 Å². The Morgan fingerprint density at radius 2 is 1.79 bits per heavy atom. The molecule has 0 spiro atoms. The zero-order chi connectivity index (χ0) is 23.2. The summed E-state index contributed by atoms with van der Waals surface area (Å²) in [7, 11) is 3.11. The van der Waals surface area contributed by atoms with Crippen LogP contribution in [0.1, 0.15) is 21.5 Å². The number of hydrogen-bond donors (Lipinski definition) is 1. The molecule has 1 aliphatic heterocycles. The number of carbonyl (C=O) groups excluding carboxylic acids is 2. The molecule has 0 radical (unpaired) electrons. The van der Waals surface area contributed by atoms with Gasteiger partial charge in [0.1, 0.15) is 17.5 Å². The minimum atomic E-state index is -0.634. The van der Waals surface area contributed by atoms with Gasteiger partial charge in [0, 0.05) is 29.7 Å². The van der Waals surface area contributed by atoms with Crippen molar-refractivity contribution < 1.29 is 19.1 Å². The van der Waals surface area contributed by atoms with E-state index in [0.717, 1.165) is 11.3 Å². The summed E-state index contributed by atoms with van der Waals surface area (Å²) in [6, 6.07) is 22.2. The highest BCUT2D eigenvalue weighted by Crippen LogP contribution is 2.31. The van der Waals surface area contributed by atoms with Crippen molar-refractivity contribution in [3.8, 4) is 11.5 Å². The first kappa shape index (κ1) is 22.7. The van der Waals surface area contributed by atoms with Crippen LogP contribution in [0.25, 0.3) is 0 Å². The summed E-state index contributed by atoms with van der Waals surface area (Å²) in [6.45, 7) is 0.415. The monoisotopic (exact) mass is 462 g/mol. The Morgan fingerprint density at radius 3 is 2.52 bits per heavy atom. The molecule has 0 saturated carbocycles. The SMILES string of the molecule is COc1ccc(NC(=O)C(CSCc2ccccc2)N2Cc3ccccc3C2=O)c(OC)c1. The predicted molar refractivity (Wildman–Crippen MR) is 131 cm³/mol. The molecule has 2 amide bonds. The van der Waals surface area contributed by atoms with E-state index in [4.69, 9.17) is 9.47 Å². The molecule has 1 unspecified atom stereocenters. The zero-order valence-electron chi connectivity index (χ0n) is 18.6. The molecule has 3 aromatic rings. The van der Waals surface area contributed by atoms with Gasteiger partial charge in [0.05, 0.1) is 19.9 Å². The standard InChI is InChI=1S/C26H26N2O4S/c1-31-20-12-13-22(24(14-20)32-2)27-25(29)23(17-33-16-18-8-4-3-5-9-18)28-15-19-10-6-7-11-21(19)26(28)30/h3-14,23H,15-17H2,1-2H3,(H,27,29). The molecule has 3 aromatic carbocycles. The fourth-order valence-corrected chi connectivity index (χ4v) is 4.92. The van der Waals surface area contributed by atoms with E-state index in [-0.39, 0.29) is 11.8 Å². The highest BCUT2D eigenvalue weighted by molar-refractivity contribution is 7.98. The Bertz CT molecular complexity index is 1140. The predicted octanol–water partition coefficient (Wildman–Crippen LogP) is 4.60. The highest BCUT2D eigenvalue weighted by atomic mass is 32.2. The smallest absolute Gasteiger partial charge is 0.255 e. The fraction of sp³-hybridized carbons (Fsp3) is 0.231. The molecular formula is C26H26N2O4S. The molecule has 1 N–H and O–H groups in total. The number of anilines is 1. The molecule has 33 heavy (non-hydrogen) atoms. The Balaban J connectivity index is 1.54. The number of thioether (sulfide) groups is 1. The highest BCUT2D eigenvalue weighted by Gasteiger charge is 2.36. The van der Waals surface area contributed by atoms with E-state index in [1.165, 1.54) is 12.7 Å². The molecule has 7 heteroatoms. The second-order valence-electron chi connectivity index (χ2n) is 7.66. The maximum atomic E-state index is 13.5. The van der Waals surface area contributed by atoms with E-state index < -0.39 is 6.04 Å². The van der Waals surface area contributed by atoms with E-state index in [2.05, 4.69) is 17.4 Å². The van der Waals surface area contributed by atoms with Crippen LogP contribution in [0.3, 0.4) is 0 Å². The third-order valence-electron chi connectivity index (χ3n) is 5.58. The van der Waals surface area contributed by atoms with Crippen molar-refractivity contribution >= 4 is 29.3 Å².